The average molecular weight is 438 g/mol. The molecule has 1 aromatic heterocycles. The molecule has 1 saturated carbocycles. The molecule has 156 valence electrons. The van der Waals surface area contributed by atoms with Crippen molar-refractivity contribution < 1.29 is 18.0 Å². The van der Waals surface area contributed by atoms with Crippen LogP contribution in [0.1, 0.15) is 37.8 Å². The number of benzene rings is 1. The zero-order valence-corrected chi connectivity index (χ0v) is 17.3. The second kappa shape index (κ2) is 9.33. The van der Waals surface area contributed by atoms with Crippen molar-refractivity contribution in [1.29, 1.82) is 0 Å². The SMILES string of the molecule is NS(=O)(=O)c1ccc(NC(=O)Cc2csc(NC(=O)NC3CCCCC3)n2)cc1. The van der Waals surface area contributed by atoms with Crippen molar-refractivity contribution in [2.75, 3.05) is 10.6 Å². The molecule has 0 spiro atoms. The van der Waals surface area contributed by atoms with Crippen LogP contribution in [0.2, 0.25) is 0 Å². The fourth-order valence-electron chi connectivity index (χ4n) is 3.11. The Morgan fingerprint density at radius 1 is 1.10 bits per heavy atom. The summed E-state index contributed by atoms with van der Waals surface area (Å²) in [6.45, 7) is 0. The first-order valence-corrected chi connectivity index (χ1v) is 11.7. The molecular weight excluding hydrogens is 414 g/mol. The molecule has 1 fully saturated rings. The van der Waals surface area contributed by atoms with Gasteiger partial charge in [-0.25, -0.2) is 23.3 Å². The zero-order valence-electron chi connectivity index (χ0n) is 15.7. The van der Waals surface area contributed by atoms with Crippen LogP contribution < -0.4 is 21.1 Å². The molecule has 1 aliphatic carbocycles. The van der Waals surface area contributed by atoms with Gasteiger partial charge in [0.1, 0.15) is 0 Å². The number of carbonyl (C=O) groups is 2. The van der Waals surface area contributed by atoms with E-state index in [1.54, 1.807) is 5.38 Å². The van der Waals surface area contributed by atoms with Crippen LogP contribution in [0.4, 0.5) is 15.6 Å². The molecule has 5 N–H and O–H groups in total. The van der Waals surface area contributed by atoms with Gasteiger partial charge in [-0.05, 0) is 37.1 Å². The average Bonchev–Trinajstić information content (AvgIpc) is 3.08. The van der Waals surface area contributed by atoms with Gasteiger partial charge in [-0.15, -0.1) is 11.3 Å². The lowest BCUT2D eigenvalue weighted by molar-refractivity contribution is -0.115. The van der Waals surface area contributed by atoms with Gasteiger partial charge < -0.3 is 10.6 Å². The topological polar surface area (TPSA) is 143 Å². The Morgan fingerprint density at radius 2 is 1.79 bits per heavy atom. The van der Waals surface area contributed by atoms with E-state index in [-0.39, 0.29) is 29.3 Å². The highest BCUT2D eigenvalue weighted by Gasteiger charge is 2.17. The molecule has 1 heterocycles. The monoisotopic (exact) mass is 437 g/mol. The van der Waals surface area contributed by atoms with Gasteiger partial charge in [-0.2, -0.15) is 0 Å². The molecule has 3 rings (SSSR count). The summed E-state index contributed by atoms with van der Waals surface area (Å²) in [4.78, 5) is 28.5. The maximum Gasteiger partial charge on any atom is 0.321 e. The minimum Gasteiger partial charge on any atom is -0.335 e. The Bertz CT molecular complexity index is 966. The highest BCUT2D eigenvalue weighted by atomic mass is 32.2. The molecule has 0 aliphatic heterocycles. The third-order valence-electron chi connectivity index (χ3n) is 4.52. The van der Waals surface area contributed by atoms with Crippen LogP contribution in [0, 0.1) is 0 Å². The molecule has 0 bridgehead atoms. The third kappa shape index (κ3) is 6.51. The summed E-state index contributed by atoms with van der Waals surface area (Å²) in [6.07, 6.45) is 5.50. The van der Waals surface area contributed by atoms with Crippen LogP contribution >= 0.6 is 11.3 Å². The lowest BCUT2D eigenvalue weighted by Gasteiger charge is -2.22. The number of sulfonamides is 1. The van der Waals surface area contributed by atoms with E-state index in [0.29, 0.717) is 16.5 Å². The summed E-state index contributed by atoms with van der Waals surface area (Å²) in [6, 6.07) is 5.48. The van der Waals surface area contributed by atoms with Crippen molar-refractivity contribution in [3.63, 3.8) is 0 Å². The smallest absolute Gasteiger partial charge is 0.321 e. The van der Waals surface area contributed by atoms with Crippen LogP contribution in [0.15, 0.2) is 34.5 Å². The number of rotatable bonds is 6. The van der Waals surface area contributed by atoms with E-state index in [0.717, 1.165) is 25.7 Å². The highest BCUT2D eigenvalue weighted by Crippen LogP contribution is 2.19. The highest BCUT2D eigenvalue weighted by molar-refractivity contribution is 7.89. The fraction of sp³-hybridized carbons (Fsp3) is 0.389. The number of thiazole rings is 1. The largest absolute Gasteiger partial charge is 0.335 e. The first-order valence-electron chi connectivity index (χ1n) is 9.24. The Balaban J connectivity index is 1.48. The summed E-state index contributed by atoms with van der Waals surface area (Å²) in [5.74, 6) is -0.308. The molecule has 9 nitrogen and oxygen atoms in total. The second-order valence-corrected chi connectivity index (χ2v) is 9.29. The number of hydrogen-bond donors (Lipinski definition) is 4. The van der Waals surface area contributed by atoms with Crippen molar-refractivity contribution in [2.45, 2.75) is 49.5 Å². The number of amides is 3. The van der Waals surface area contributed by atoms with Gasteiger partial charge in [0.15, 0.2) is 5.13 Å². The molecule has 29 heavy (non-hydrogen) atoms. The van der Waals surface area contributed by atoms with Gasteiger partial charge >= 0.3 is 6.03 Å². The van der Waals surface area contributed by atoms with Gasteiger partial charge in [-0.3, -0.25) is 10.1 Å². The van der Waals surface area contributed by atoms with Gasteiger partial charge in [0.2, 0.25) is 15.9 Å². The fourth-order valence-corrected chi connectivity index (χ4v) is 4.33. The van der Waals surface area contributed by atoms with Gasteiger partial charge in [0.05, 0.1) is 17.0 Å². The normalized spacial score (nSPS) is 14.9. The van der Waals surface area contributed by atoms with E-state index in [1.807, 2.05) is 0 Å². The maximum atomic E-state index is 12.2. The van der Waals surface area contributed by atoms with Gasteiger partial charge in [0, 0.05) is 17.1 Å². The van der Waals surface area contributed by atoms with E-state index in [9.17, 15) is 18.0 Å². The summed E-state index contributed by atoms with van der Waals surface area (Å²) < 4.78 is 22.5. The van der Waals surface area contributed by atoms with E-state index < -0.39 is 10.0 Å². The summed E-state index contributed by atoms with van der Waals surface area (Å²) in [7, 11) is -3.77. The number of nitrogens with zero attached hydrogens (tertiary/aromatic N) is 1. The van der Waals surface area contributed by atoms with Crippen molar-refractivity contribution in [2.24, 2.45) is 5.14 Å². The maximum absolute atomic E-state index is 12.2. The first-order chi connectivity index (χ1) is 13.8. The van der Waals surface area contributed by atoms with Crippen molar-refractivity contribution in [1.82, 2.24) is 10.3 Å². The van der Waals surface area contributed by atoms with Crippen LogP contribution in [-0.4, -0.2) is 31.4 Å². The Morgan fingerprint density at radius 3 is 2.45 bits per heavy atom. The van der Waals surface area contributed by atoms with Crippen LogP contribution in [0.3, 0.4) is 0 Å². The number of urea groups is 1. The predicted molar refractivity (Wildman–Crippen MR) is 111 cm³/mol. The summed E-state index contributed by atoms with van der Waals surface area (Å²) in [5, 5.41) is 15.5. The molecule has 11 heteroatoms. The Kier molecular flexibility index (Phi) is 6.83. The molecule has 0 radical (unpaired) electrons. The number of hydrogen-bond acceptors (Lipinski definition) is 6. The Labute approximate surface area is 173 Å². The van der Waals surface area contributed by atoms with E-state index in [4.69, 9.17) is 5.14 Å². The molecule has 1 aromatic carbocycles. The van der Waals surface area contributed by atoms with Crippen molar-refractivity contribution >= 4 is 44.1 Å². The number of carbonyl (C=O) groups excluding carboxylic acids is 2. The van der Waals surface area contributed by atoms with E-state index in [1.165, 1.54) is 42.0 Å². The third-order valence-corrected chi connectivity index (χ3v) is 6.26. The minimum absolute atomic E-state index is 0.0271. The van der Waals surface area contributed by atoms with E-state index in [2.05, 4.69) is 20.9 Å². The molecule has 0 unspecified atom stereocenters. The van der Waals surface area contributed by atoms with Crippen molar-refractivity contribution in [3.05, 3.63) is 35.3 Å². The second-order valence-electron chi connectivity index (χ2n) is 6.87. The molecule has 0 saturated heterocycles. The number of nitrogens with one attached hydrogen (secondary N) is 3. The summed E-state index contributed by atoms with van der Waals surface area (Å²) in [5.41, 5.74) is 0.976. The molecule has 3 amide bonds. The minimum atomic E-state index is -3.77. The zero-order chi connectivity index (χ0) is 20.9. The first kappa shape index (κ1) is 21.2. The number of aromatic nitrogens is 1. The Hall–Kier alpha value is -2.50. The van der Waals surface area contributed by atoms with Crippen LogP contribution in [0.5, 0.6) is 0 Å². The molecule has 0 atom stereocenters. The van der Waals surface area contributed by atoms with Gasteiger partial charge in [-0.1, -0.05) is 19.3 Å². The predicted octanol–water partition coefficient (Wildman–Crippen LogP) is 2.43. The number of nitrogens with two attached hydrogens (primary N) is 1. The number of primary sulfonamides is 1. The van der Waals surface area contributed by atoms with Crippen LogP contribution in [0.25, 0.3) is 0 Å². The molecular formula is C18H23N5O4S2. The van der Waals surface area contributed by atoms with Gasteiger partial charge in [0.25, 0.3) is 0 Å². The van der Waals surface area contributed by atoms with Crippen LogP contribution in [-0.2, 0) is 21.2 Å². The lowest BCUT2D eigenvalue weighted by Crippen LogP contribution is -2.39. The van der Waals surface area contributed by atoms with Crippen molar-refractivity contribution in [3.8, 4) is 0 Å². The lowest BCUT2D eigenvalue weighted by atomic mass is 9.96. The molecule has 1 aliphatic rings. The number of anilines is 2. The molecule has 2 aromatic rings. The summed E-state index contributed by atoms with van der Waals surface area (Å²) >= 11 is 1.25. The quantitative estimate of drug-likeness (QED) is 0.549. The van der Waals surface area contributed by atoms with E-state index >= 15 is 0 Å². The standard InChI is InChI=1S/C18H23N5O4S2/c19-29(26,27)15-8-6-13(7-9-15)20-16(24)10-14-11-28-18(22-14)23-17(25)21-12-4-2-1-3-5-12/h6-9,11-12H,1-5,10H2,(H,20,24)(H2,19,26,27)(H2,21,22,23,25).